The van der Waals surface area contributed by atoms with Gasteiger partial charge in [-0.3, -0.25) is 4.79 Å². The van der Waals surface area contributed by atoms with Crippen molar-refractivity contribution in [3.05, 3.63) is 29.3 Å². The van der Waals surface area contributed by atoms with Gasteiger partial charge in [-0.15, -0.1) is 0 Å². The summed E-state index contributed by atoms with van der Waals surface area (Å²) in [5, 5.41) is 3.14. The Morgan fingerprint density at radius 3 is 2.73 bits per heavy atom. The molecule has 1 amide bonds. The quantitative estimate of drug-likeness (QED) is 0.885. The maximum atomic E-state index is 12.2. The molecule has 3 heteroatoms. The van der Waals surface area contributed by atoms with Crippen LogP contribution in [0.3, 0.4) is 0 Å². The predicted molar refractivity (Wildman–Crippen MR) is 90.3 cm³/mol. The summed E-state index contributed by atoms with van der Waals surface area (Å²) < 4.78 is 5.81. The molecule has 0 radical (unpaired) electrons. The zero-order chi connectivity index (χ0) is 16.1. The van der Waals surface area contributed by atoms with E-state index < -0.39 is 0 Å². The second-order valence-corrected chi connectivity index (χ2v) is 6.92. The van der Waals surface area contributed by atoms with E-state index in [-0.39, 0.29) is 12.5 Å². The van der Waals surface area contributed by atoms with Crippen molar-refractivity contribution in [2.75, 3.05) is 6.61 Å². The Morgan fingerprint density at radius 2 is 2.05 bits per heavy atom. The predicted octanol–water partition coefficient (Wildman–Crippen LogP) is 4.19. The number of carbonyl (C=O) groups excluding carboxylic acids is 1. The molecule has 1 aliphatic carbocycles. The summed E-state index contributed by atoms with van der Waals surface area (Å²) in [5.74, 6) is 1.79. The molecule has 0 aromatic heterocycles. The first kappa shape index (κ1) is 16.9. The van der Waals surface area contributed by atoms with Gasteiger partial charge in [-0.2, -0.15) is 0 Å². The van der Waals surface area contributed by atoms with Gasteiger partial charge in [0, 0.05) is 6.04 Å². The number of benzene rings is 1. The van der Waals surface area contributed by atoms with Gasteiger partial charge in [0.15, 0.2) is 6.61 Å². The molecule has 0 unspecified atom stereocenters. The van der Waals surface area contributed by atoms with Gasteiger partial charge in [-0.05, 0) is 48.8 Å². The van der Waals surface area contributed by atoms with E-state index in [1.54, 1.807) is 0 Å². The fourth-order valence-electron chi connectivity index (χ4n) is 3.17. The van der Waals surface area contributed by atoms with Crippen molar-refractivity contribution in [1.82, 2.24) is 5.32 Å². The smallest absolute Gasteiger partial charge is 0.258 e. The molecule has 2 rings (SSSR count). The highest BCUT2D eigenvalue weighted by molar-refractivity contribution is 5.78. The lowest BCUT2D eigenvalue weighted by molar-refractivity contribution is -0.124. The van der Waals surface area contributed by atoms with Gasteiger partial charge in [-0.1, -0.05) is 45.7 Å². The fraction of sp³-hybridized carbons (Fsp3) is 0.632. The first-order chi connectivity index (χ1) is 10.5. The minimum Gasteiger partial charge on any atom is -0.483 e. The van der Waals surface area contributed by atoms with Crippen LogP contribution in [0.15, 0.2) is 18.2 Å². The van der Waals surface area contributed by atoms with Crippen molar-refractivity contribution < 1.29 is 9.53 Å². The first-order valence-corrected chi connectivity index (χ1v) is 8.50. The Kier molecular flexibility index (Phi) is 5.87. The Balaban J connectivity index is 1.92. The molecular formula is C19H29NO2. The lowest BCUT2D eigenvalue weighted by Gasteiger charge is -2.29. The monoisotopic (exact) mass is 303 g/mol. The second kappa shape index (κ2) is 7.66. The van der Waals surface area contributed by atoms with Crippen molar-refractivity contribution in [1.29, 1.82) is 0 Å². The number of amides is 1. The number of aryl methyl sites for hydroxylation is 1. The molecule has 3 nitrogen and oxygen atoms in total. The summed E-state index contributed by atoms with van der Waals surface area (Å²) in [4.78, 5) is 12.2. The average molecular weight is 303 g/mol. The minimum absolute atomic E-state index is 0.00466. The average Bonchev–Trinajstić information content (AvgIpc) is 2.47. The van der Waals surface area contributed by atoms with Crippen molar-refractivity contribution in [3.8, 4) is 5.75 Å². The van der Waals surface area contributed by atoms with Crippen LogP contribution in [0.4, 0.5) is 0 Å². The molecule has 1 fully saturated rings. The number of hydrogen-bond acceptors (Lipinski definition) is 2. The third-order valence-electron chi connectivity index (χ3n) is 4.61. The Hall–Kier alpha value is -1.51. The van der Waals surface area contributed by atoms with Crippen LogP contribution < -0.4 is 10.1 Å². The van der Waals surface area contributed by atoms with Crippen molar-refractivity contribution >= 4 is 5.91 Å². The number of rotatable bonds is 5. The van der Waals surface area contributed by atoms with Gasteiger partial charge in [0.1, 0.15) is 5.75 Å². The topological polar surface area (TPSA) is 38.3 Å². The summed E-state index contributed by atoms with van der Waals surface area (Å²) in [7, 11) is 0. The van der Waals surface area contributed by atoms with Crippen LogP contribution >= 0.6 is 0 Å². The SMILES string of the molecule is Cc1ccc(C(C)C)c(OCC(=O)N[C@H]2CCCC[C@@H]2C)c1. The number of carbonyl (C=O) groups is 1. The highest BCUT2D eigenvalue weighted by Crippen LogP contribution is 2.27. The summed E-state index contributed by atoms with van der Waals surface area (Å²) in [5.41, 5.74) is 2.31. The van der Waals surface area contributed by atoms with Gasteiger partial charge < -0.3 is 10.1 Å². The van der Waals surface area contributed by atoms with Crippen molar-refractivity contribution in [2.24, 2.45) is 5.92 Å². The molecule has 0 heterocycles. The van der Waals surface area contributed by atoms with Crippen molar-refractivity contribution in [2.45, 2.75) is 65.3 Å². The fourth-order valence-corrected chi connectivity index (χ4v) is 3.17. The largest absolute Gasteiger partial charge is 0.483 e. The van der Waals surface area contributed by atoms with E-state index in [0.29, 0.717) is 17.9 Å². The van der Waals surface area contributed by atoms with Gasteiger partial charge >= 0.3 is 0 Å². The standard InChI is InChI=1S/C19H29NO2/c1-13(2)16-10-9-14(3)11-18(16)22-12-19(21)20-17-8-6-5-7-15(17)4/h9-11,13,15,17H,5-8,12H2,1-4H3,(H,20,21)/t15-,17-/m0/s1. The molecule has 2 atom stereocenters. The van der Waals surface area contributed by atoms with E-state index in [4.69, 9.17) is 4.74 Å². The van der Waals surface area contributed by atoms with Crippen LogP contribution in [-0.2, 0) is 4.79 Å². The van der Waals surface area contributed by atoms with E-state index in [1.807, 2.05) is 13.0 Å². The lowest BCUT2D eigenvalue weighted by atomic mass is 9.86. The molecule has 0 saturated heterocycles. The van der Waals surface area contributed by atoms with Crippen LogP contribution in [-0.4, -0.2) is 18.6 Å². The highest BCUT2D eigenvalue weighted by Gasteiger charge is 2.23. The molecule has 1 aromatic rings. The normalized spacial score (nSPS) is 21.7. The van der Waals surface area contributed by atoms with E-state index >= 15 is 0 Å². The van der Waals surface area contributed by atoms with E-state index in [2.05, 4.69) is 38.2 Å². The van der Waals surface area contributed by atoms with E-state index in [0.717, 1.165) is 23.3 Å². The molecule has 0 spiro atoms. The highest BCUT2D eigenvalue weighted by atomic mass is 16.5. The van der Waals surface area contributed by atoms with E-state index in [1.165, 1.54) is 19.3 Å². The molecular weight excluding hydrogens is 274 g/mol. The molecule has 0 aliphatic heterocycles. The summed E-state index contributed by atoms with van der Waals surface area (Å²) in [6.45, 7) is 8.65. The van der Waals surface area contributed by atoms with Crippen LogP contribution in [0, 0.1) is 12.8 Å². The zero-order valence-corrected chi connectivity index (χ0v) is 14.3. The Labute approximate surface area is 134 Å². The molecule has 122 valence electrons. The van der Waals surface area contributed by atoms with Crippen LogP contribution in [0.1, 0.15) is 63.5 Å². The summed E-state index contributed by atoms with van der Waals surface area (Å²) >= 11 is 0. The number of hydrogen-bond donors (Lipinski definition) is 1. The summed E-state index contributed by atoms with van der Waals surface area (Å²) in [6.07, 6.45) is 4.80. The molecule has 0 bridgehead atoms. The van der Waals surface area contributed by atoms with Crippen LogP contribution in [0.5, 0.6) is 5.75 Å². The third-order valence-corrected chi connectivity index (χ3v) is 4.61. The second-order valence-electron chi connectivity index (χ2n) is 6.92. The zero-order valence-electron chi connectivity index (χ0n) is 14.3. The number of nitrogens with one attached hydrogen (secondary N) is 1. The third kappa shape index (κ3) is 4.49. The molecule has 1 aliphatic rings. The van der Waals surface area contributed by atoms with Crippen LogP contribution in [0.2, 0.25) is 0 Å². The minimum atomic E-state index is -0.00466. The van der Waals surface area contributed by atoms with E-state index in [9.17, 15) is 4.79 Å². The number of ether oxygens (including phenoxy) is 1. The van der Waals surface area contributed by atoms with Crippen molar-refractivity contribution in [3.63, 3.8) is 0 Å². The molecule has 1 aromatic carbocycles. The molecule has 1 N–H and O–H groups in total. The van der Waals surface area contributed by atoms with Gasteiger partial charge in [-0.25, -0.2) is 0 Å². The van der Waals surface area contributed by atoms with Gasteiger partial charge in [0.25, 0.3) is 5.91 Å². The lowest BCUT2D eigenvalue weighted by Crippen LogP contribution is -2.43. The van der Waals surface area contributed by atoms with Crippen LogP contribution in [0.25, 0.3) is 0 Å². The maximum absolute atomic E-state index is 12.2. The molecule has 1 saturated carbocycles. The van der Waals surface area contributed by atoms with Gasteiger partial charge in [0.05, 0.1) is 0 Å². The summed E-state index contributed by atoms with van der Waals surface area (Å²) in [6, 6.07) is 6.51. The van der Waals surface area contributed by atoms with Gasteiger partial charge in [0.2, 0.25) is 0 Å². The molecule has 22 heavy (non-hydrogen) atoms. The maximum Gasteiger partial charge on any atom is 0.258 e. The Bertz CT molecular complexity index is 510. The Morgan fingerprint density at radius 1 is 1.32 bits per heavy atom. The first-order valence-electron chi connectivity index (χ1n) is 8.50.